The second-order valence-corrected chi connectivity index (χ2v) is 6.61. The number of benzene rings is 1. The molecule has 5 nitrogen and oxygen atoms in total. The van der Waals surface area contributed by atoms with E-state index in [2.05, 4.69) is 10.2 Å². The van der Waals surface area contributed by atoms with E-state index in [1.807, 2.05) is 26.0 Å². The Hall–Kier alpha value is -1.30. The van der Waals surface area contributed by atoms with Crippen molar-refractivity contribution in [3.63, 3.8) is 0 Å². The molecule has 24 heavy (non-hydrogen) atoms. The van der Waals surface area contributed by atoms with Crippen LogP contribution in [0, 0.1) is 13.8 Å². The van der Waals surface area contributed by atoms with Crippen LogP contribution in [0.25, 0.3) is 0 Å². The van der Waals surface area contributed by atoms with Gasteiger partial charge in [-0.25, -0.2) is 0 Å². The molecule has 1 fully saturated rings. The third-order valence-corrected chi connectivity index (χ3v) is 4.74. The lowest BCUT2D eigenvalue weighted by Crippen LogP contribution is -2.40. The summed E-state index contributed by atoms with van der Waals surface area (Å²) < 4.78 is 11.1. The summed E-state index contributed by atoms with van der Waals surface area (Å²) in [6, 6.07) is 3.72. The number of hydrogen-bond donors (Lipinski definition) is 1. The average molecular weight is 355 g/mol. The Morgan fingerprint density at radius 2 is 1.96 bits per heavy atom. The number of nitrogens with one attached hydrogen (secondary N) is 1. The van der Waals surface area contributed by atoms with Gasteiger partial charge in [0, 0.05) is 24.7 Å². The zero-order chi connectivity index (χ0) is 17.5. The standard InChI is InChI=1S/C18H27ClN2O3/c1-13-11-16(12-14(2)17(13)19)24-15(3)18(22)20-5-4-6-21-7-9-23-10-8-21/h11-12,15H,4-10H2,1-3H3,(H,20,22)/t15-/m0/s1. The molecule has 1 aromatic rings. The van der Waals surface area contributed by atoms with Crippen LogP contribution in [-0.4, -0.2) is 56.3 Å². The highest BCUT2D eigenvalue weighted by atomic mass is 35.5. The van der Waals surface area contributed by atoms with E-state index >= 15 is 0 Å². The molecule has 0 radical (unpaired) electrons. The topological polar surface area (TPSA) is 50.8 Å². The lowest BCUT2D eigenvalue weighted by Gasteiger charge is -2.26. The first-order chi connectivity index (χ1) is 11.5. The first-order valence-corrected chi connectivity index (χ1v) is 8.86. The number of rotatable bonds is 7. The maximum Gasteiger partial charge on any atom is 0.260 e. The summed E-state index contributed by atoms with van der Waals surface area (Å²) in [6.07, 6.45) is 0.394. The first-order valence-electron chi connectivity index (χ1n) is 8.48. The predicted molar refractivity (Wildman–Crippen MR) is 95.9 cm³/mol. The van der Waals surface area contributed by atoms with E-state index < -0.39 is 6.10 Å². The molecule has 134 valence electrons. The van der Waals surface area contributed by atoms with Gasteiger partial charge in [0.25, 0.3) is 5.91 Å². The van der Waals surface area contributed by atoms with Gasteiger partial charge in [-0.05, 0) is 57.0 Å². The van der Waals surface area contributed by atoms with E-state index in [9.17, 15) is 4.79 Å². The minimum atomic E-state index is -0.534. The minimum absolute atomic E-state index is 0.0952. The van der Waals surface area contributed by atoms with Gasteiger partial charge in [0.2, 0.25) is 0 Å². The Kier molecular flexibility index (Phi) is 7.34. The molecule has 1 aromatic carbocycles. The maximum atomic E-state index is 12.1. The number of hydrogen-bond acceptors (Lipinski definition) is 4. The van der Waals surface area contributed by atoms with Gasteiger partial charge in [-0.1, -0.05) is 11.6 Å². The highest BCUT2D eigenvalue weighted by Gasteiger charge is 2.15. The molecule has 0 spiro atoms. The Balaban J connectivity index is 1.71. The zero-order valence-corrected chi connectivity index (χ0v) is 15.5. The summed E-state index contributed by atoms with van der Waals surface area (Å²) in [5, 5.41) is 3.67. The molecule has 1 amide bonds. The summed E-state index contributed by atoms with van der Waals surface area (Å²) >= 11 is 6.15. The highest BCUT2D eigenvalue weighted by molar-refractivity contribution is 6.32. The summed E-state index contributed by atoms with van der Waals surface area (Å²) in [5.41, 5.74) is 1.90. The van der Waals surface area contributed by atoms with Crippen LogP contribution < -0.4 is 10.1 Å². The molecule has 0 saturated carbocycles. The van der Waals surface area contributed by atoms with Gasteiger partial charge >= 0.3 is 0 Å². The van der Waals surface area contributed by atoms with Gasteiger partial charge in [-0.2, -0.15) is 0 Å². The van der Waals surface area contributed by atoms with Crippen LogP contribution in [0.5, 0.6) is 5.75 Å². The quantitative estimate of drug-likeness (QED) is 0.765. The van der Waals surface area contributed by atoms with Gasteiger partial charge < -0.3 is 14.8 Å². The molecule has 0 bridgehead atoms. The van der Waals surface area contributed by atoms with Gasteiger partial charge in [-0.15, -0.1) is 0 Å². The fraction of sp³-hybridized carbons (Fsp3) is 0.611. The molecule has 1 atom stereocenters. The number of amides is 1. The summed E-state index contributed by atoms with van der Waals surface area (Å²) in [6.45, 7) is 10.8. The molecule has 1 heterocycles. The lowest BCUT2D eigenvalue weighted by molar-refractivity contribution is -0.127. The van der Waals surface area contributed by atoms with Gasteiger partial charge in [-0.3, -0.25) is 9.69 Å². The van der Waals surface area contributed by atoms with E-state index in [-0.39, 0.29) is 5.91 Å². The lowest BCUT2D eigenvalue weighted by atomic mass is 10.1. The molecule has 1 saturated heterocycles. The predicted octanol–water partition coefficient (Wildman–Crippen LogP) is 2.56. The van der Waals surface area contributed by atoms with E-state index in [0.29, 0.717) is 12.3 Å². The third kappa shape index (κ3) is 5.65. The normalized spacial score (nSPS) is 16.7. The number of ether oxygens (including phenoxy) is 2. The van der Waals surface area contributed by atoms with Crippen molar-refractivity contribution in [2.24, 2.45) is 0 Å². The third-order valence-electron chi connectivity index (χ3n) is 4.15. The van der Waals surface area contributed by atoms with Crippen LogP contribution in [0.3, 0.4) is 0 Å². The van der Waals surface area contributed by atoms with E-state index in [0.717, 1.165) is 55.4 Å². The molecule has 1 N–H and O–H groups in total. The number of carbonyl (C=O) groups excluding carboxylic acids is 1. The Morgan fingerprint density at radius 1 is 1.33 bits per heavy atom. The molecule has 2 rings (SSSR count). The zero-order valence-electron chi connectivity index (χ0n) is 14.7. The summed E-state index contributed by atoms with van der Waals surface area (Å²) in [5.74, 6) is 0.576. The van der Waals surface area contributed by atoms with Crippen LogP contribution >= 0.6 is 11.6 Å². The molecule has 6 heteroatoms. The molecule has 0 unspecified atom stereocenters. The Bertz CT molecular complexity index is 536. The molecular formula is C18H27ClN2O3. The van der Waals surface area contributed by atoms with Crippen molar-refractivity contribution in [1.29, 1.82) is 0 Å². The monoisotopic (exact) mass is 354 g/mol. The second kappa shape index (κ2) is 9.25. The van der Waals surface area contributed by atoms with Crippen LogP contribution in [0.1, 0.15) is 24.5 Å². The van der Waals surface area contributed by atoms with Gasteiger partial charge in [0.05, 0.1) is 13.2 Å². The van der Waals surface area contributed by atoms with Crippen LogP contribution in [0.2, 0.25) is 5.02 Å². The number of nitrogens with zero attached hydrogens (tertiary/aromatic N) is 1. The minimum Gasteiger partial charge on any atom is -0.481 e. The number of carbonyl (C=O) groups is 1. The largest absolute Gasteiger partial charge is 0.481 e. The van der Waals surface area contributed by atoms with E-state index in [1.54, 1.807) is 6.92 Å². The number of aryl methyl sites for hydroxylation is 2. The Labute approximate surface area is 149 Å². The van der Waals surface area contributed by atoms with Crippen molar-refractivity contribution in [2.75, 3.05) is 39.4 Å². The fourth-order valence-corrected chi connectivity index (χ4v) is 2.82. The average Bonchev–Trinajstić information content (AvgIpc) is 2.57. The van der Waals surface area contributed by atoms with Crippen molar-refractivity contribution in [3.05, 3.63) is 28.3 Å². The van der Waals surface area contributed by atoms with Gasteiger partial charge in [0.1, 0.15) is 5.75 Å². The van der Waals surface area contributed by atoms with Crippen LogP contribution in [0.15, 0.2) is 12.1 Å². The smallest absolute Gasteiger partial charge is 0.260 e. The summed E-state index contributed by atoms with van der Waals surface area (Å²) in [4.78, 5) is 14.5. The van der Waals surface area contributed by atoms with E-state index in [4.69, 9.17) is 21.1 Å². The highest BCUT2D eigenvalue weighted by Crippen LogP contribution is 2.26. The SMILES string of the molecule is Cc1cc(O[C@@H](C)C(=O)NCCCN2CCOCC2)cc(C)c1Cl. The van der Waals surface area contributed by atoms with Crippen LogP contribution in [0.4, 0.5) is 0 Å². The Morgan fingerprint density at radius 3 is 2.58 bits per heavy atom. The van der Waals surface area contributed by atoms with Crippen molar-refractivity contribution >= 4 is 17.5 Å². The van der Waals surface area contributed by atoms with Crippen molar-refractivity contribution in [1.82, 2.24) is 10.2 Å². The summed E-state index contributed by atoms with van der Waals surface area (Å²) in [7, 11) is 0. The molecule has 0 aliphatic carbocycles. The number of morpholine rings is 1. The second-order valence-electron chi connectivity index (χ2n) is 6.23. The maximum absolute atomic E-state index is 12.1. The molecule has 0 aromatic heterocycles. The molecular weight excluding hydrogens is 328 g/mol. The first kappa shape index (κ1) is 19.0. The number of halogens is 1. The van der Waals surface area contributed by atoms with Crippen molar-refractivity contribution in [2.45, 2.75) is 33.3 Å². The van der Waals surface area contributed by atoms with Gasteiger partial charge in [0.15, 0.2) is 6.10 Å². The molecule has 1 aliphatic rings. The van der Waals surface area contributed by atoms with Crippen LogP contribution in [-0.2, 0) is 9.53 Å². The molecule has 1 aliphatic heterocycles. The van der Waals surface area contributed by atoms with Crippen molar-refractivity contribution < 1.29 is 14.3 Å². The fourth-order valence-electron chi connectivity index (χ4n) is 2.71. The van der Waals surface area contributed by atoms with E-state index in [1.165, 1.54) is 0 Å². The van der Waals surface area contributed by atoms with Crippen molar-refractivity contribution in [3.8, 4) is 5.75 Å².